The second-order valence-corrected chi connectivity index (χ2v) is 4.98. The van der Waals surface area contributed by atoms with Crippen molar-refractivity contribution in [1.82, 2.24) is 0 Å². The Kier molecular flexibility index (Phi) is 7.40. The summed E-state index contributed by atoms with van der Waals surface area (Å²) in [4.78, 5) is 21.2. The van der Waals surface area contributed by atoms with Crippen LogP contribution < -0.4 is 0 Å². The fourth-order valence-electron chi connectivity index (χ4n) is 1.89. The Morgan fingerprint density at radius 3 is 1.77 bits per heavy atom. The number of hydrogen-bond donors (Lipinski definition) is 2. The monoisotopic (exact) mass is 300 g/mol. The van der Waals surface area contributed by atoms with Gasteiger partial charge in [0, 0.05) is 0 Å². The smallest absolute Gasteiger partial charge is 0.307 e. The molecule has 0 spiro atoms. The van der Waals surface area contributed by atoms with E-state index in [2.05, 4.69) is 19.1 Å². The zero-order valence-electron chi connectivity index (χ0n) is 12.5. The topological polar surface area (TPSA) is 74.6 Å². The molecule has 0 unspecified atom stereocenters. The van der Waals surface area contributed by atoms with Gasteiger partial charge in [0.15, 0.2) is 0 Å². The van der Waals surface area contributed by atoms with E-state index in [1.165, 1.54) is 5.56 Å². The van der Waals surface area contributed by atoms with Crippen molar-refractivity contribution in [2.75, 3.05) is 0 Å². The molecule has 22 heavy (non-hydrogen) atoms. The number of carboxylic acid groups (broad SMARTS) is 2. The summed E-state index contributed by atoms with van der Waals surface area (Å²) >= 11 is 0. The lowest BCUT2D eigenvalue weighted by Gasteiger charge is -2.09. The quantitative estimate of drug-likeness (QED) is 0.887. The van der Waals surface area contributed by atoms with Crippen molar-refractivity contribution in [3.05, 3.63) is 71.8 Å². The van der Waals surface area contributed by atoms with E-state index < -0.39 is 17.9 Å². The van der Waals surface area contributed by atoms with Crippen molar-refractivity contribution < 1.29 is 19.8 Å². The predicted octanol–water partition coefficient (Wildman–Crippen LogP) is 3.40. The molecule has 0 saturated heterocycles. The fourth-order valence-corrected chi connectivity index (χ4v) is 1.89. The number of benzene rings is 2. The van der Waals surface area contributed by atoms with Gasteiger partial charge >= 0.3 is 11.9 Å². The van der Waals surface area contributed by atoms with Crippen LogP contribution in [0.3, 0.4) is 0 Å². The Balaban J connectivity index is 0.000000287. The number of rotatable bonds is 5. The Hall–Kier alpha value is -2.62. The number of aryl methyl sites for hydroxylation is 1. The molecule has 2 N–H and O–H groups in total. The molecule has 2 aromatic rings. The molecular weight excluding hydrogens is 280 g/mol. The summed E-state index contributed by atoms with van der Waals surface area (Å²) < 4.78 is 0. The van der Waals surface area contributed by atoms with Crippen LogP contribution in [0.1, 0.15) is 17.5 Å². The summed E-state index contributed by atoms with van der Waals surface area (Å²) in [5, 5.41) is 17.4. The first-order valence-electron chi connectivity index (χ1n) is 6.99. The van der Waals surface area contributed by atoms with E-state index in [0.29, 0.717) is 0 Å². The van der Waals surface area contributed by atoms with E-state index in [1.54, 1.807) is 24.3 Å². The molecule has 0 bridgehead atoms. The third kappa shape index (κ3) is 7.24. The fraction of sp³-hybridized carbons (Fsp3) is 0.222. The molecule has 2 aromatic carbocycles. The first-order valence-corrected chi connectivity index (χ1v) is 6.99. The molecule has 0 amide bonds. The standard InChI is InChI=1S/C11H12O4.C7H8/c12-10(13)7-9(11(14)15)6-8-4-2-1-3-5-8;1-7-5-3-2-4-6-7/h1-5,9H,6-7H2,(H,12,13)(H,14,15);2-6H,1H3/t9-;/m0./s1. The third-order valence-corrected chi connectivity index (χ3v) is 3.04. The van der Waals surface area contributed by atoms with Crippen LogP contribution in [0.15, 0.2) is 60.7 Å². The summed E-state index contributed by atoms with van der Waals surface area (Å²) in [6.45, 7) is 2.08. The third-order valence-electron chi connectivity index (χ3n) is 3.04. The van der Waals surface area contributed by atoms with E-state index in [1.807, 2.05) is 24.3 Å². The van der Waals surface area contributed by atoms with Gasteiger partial charge in [0.2, 0.25) is 0 Å². The van der Waals surface area contributed by atoms with Crippen molar-refractivity contribution >= 4 is 11.9 Å². The van der Waals surface area contributed by atoms with Gasteiger partial charge < -0.3 is 10.2 Å². The van der Waals surface area contributed by atoms with Gasteiger partial charge in [-0.2, -0.15) is 0 Å². The van der Waals surface area contributed by atoms with Gasteiger partial charge in [-0.05, 0) is 18.9 Å². The molecule has 0 aliphatic heterocycles. The minimum atomic E-state index is -1.08. The van der Waals surface area contributed by atoms with E-state index in [4.69, 9.17) is 10.2 Å². The lowest BCUT2D eigenvalue weighted by molar-refractivity contribution is -0.148. The summed E-state index contributed by atoms with van der Waals surface area (Å²) in [6.07, 6.45) is -0.0906. The van der Waals surface area contributed by atoms with Crippen molar-refractivity contribution in [3.63, 3.8) is 0 Å². The maximum Gasteiger partial charge on any atom is 0.307 e. The van der Waals surface area contributed by atoms with Gasteiger partial charge in [0.1, 0.15) is 0 Å². The maximum absolute atomic E-state index is 10.8. The number of carbonyl (C=O) groups is 2. The molecule has 0 aliphatic rings. The van der Waals surface area contributed by atoms with Crippen molar-refractivity contribution in [3.8, 4) is 0 Å². The molecule has 0 fully saturated rings. The molecule has 0 saturated carbocycles. The van der Waals surface area contributed by atoms with E-state index in [-0.39, 0.29) is 12.8 Å². The Bertz CT molecular complexity index is 579. The average Bonchev–Trinajstić information content (AvgIpc) is 2.48. The van der Waals surface area contributed by atoms with Crippen molar-refractivity contribution in [1.29, 1.82) is 0 Å². The molecule has 2 rings (SSSR count). The van der Waals surface area contributed by atoms with Crippen LogP contribution >= 0.6 is 0 Å². The highest BCUT2D eigenvalue weighted by atomic mass is 16.4. The van der Waals surface area contributed by atoms with Crippen LogP contribution in [0, 0.1) is 12.8 Å². The van der Waals surface area contributed by atoms with Crippen LogP contribution in [0.4, 0.5) is 0 Å². The largest absolute Gasteiger partial charge is 0.481 e. The molecule has 0 heterocycles. The highest BCUT2D eigenvalue weighted by Crippen LogP contribution is 2.12. The number of hydrogen-bond acceptors (Lipinski definition) is 2. The van der Waals surface area contributed by atoms with E-state index in [0.717, 1.165) is 5.56 Å². The molecule has 1 atom stereocenters. The average molecular weight is 300 g/mol. The van der Waals surface area contributed by atoms with Crippen LogP contribution in [-0.2, 0) is 16.0 Å². The summed E-state index contributed by atoms with van der Waals surface area (Å²) in [6, 6.07) is 19.3. The molecule has 116 valence electrons. The normalized spacial score (nSPS) is 11.0. The lowest BCUT2D eigenvalue weighted by Crippen LogP contribution is -2.20. The SMILES string of the molecule is Cc1ccccc1.O=C(O)C[C@H](Cc1ccccc1)C(=O)O. The number of aliphatic carboxylic acids is 2. The van der Waals surface area contributed by atoms with Crippen LogP contribution in [-0.4, -0.2) is 22.2 Å². The molecular formula is C18H20O4. The van der Waals surface area contributed by atoms with Crippen LogP contribution in [0.25, 0.3) is 0 Å². The van der Waals surface area contributed by atoms with Gasteiger partial charge in [-0.1, -0.05) is 66.2 Å². The first-order chi connectivity index (χ1) is 10.5. The van der Waals surface area contributed by atoms with E-state index in [9.17, 15) is 9.59 Å². The minimum absolute atomic E-state index is 0.252. The Morgan fingerprint density at radius 1 is 0.909 bits per heavy atom. The Labute approximate surface area is 130 Å². The summed E-state index contributed by atoms with van der Waals surface area (Å²) in [7, 11) is 0. The predicted molar refractivity (Wildman–Crippen MR) is 84.7 cm³/mol. The second-order valence-electron chi connectivity index (χ2n) is 4.98. The van der Waals surface area contributed by atoms with Crippen LogP contribution in [0.5, 0.6) is 0 Å². The van der Waals surface area contributed by atoms with Crippen molar-refractivity contribution in [2.45, 2.75) is 19.8 Å². The zero-order chi connectivity index (χ0) is 16.4. The highest BCUT2D eigenvalue weighted by Gasteiger charge is 2.20. The minimum Gasteiger partial charge on any atom is -0.481 e. The zero-order valence-corrected chi connectivity index (χ0v) is 12.5. The number of carboxylic acids is 2. The van der Waals surface area contributed by atoms with Gasteiger partial charge in [-0.15, -0.1) is 0 Å². The van der Waals surface area contributed by atoms with Gasteiger partial charge in [0.25, 0.3) is 0 Å². The van der Waals surface area contributed by atoms with Gasteiger partial charge in [-0.3, -0.25) is 9.59 Å². The molecule has 4 nitrogen and oxygen atoms in total. The molecule has 4 heteroatoms. The lowest BCUT2D eigenvalue weighted by atomic mass is 9.96. The summed E-state index contributed by atoms with van der Waals surface area (Å²) in [5.41, 5.74) is 2.16. The van der Waals surface area contributed by atoms with E-state index >= 15 is 0 Å². The first kappa shape index (κ1) is 17.4. The highest BCUT2D eigenvalue weighted by molar-refractivity contribution is 5.77. The van der Waals surface area contributed by atoms with Crippen LogP contribution in [0.2, 0.25) is 0 Å². The molecule has 0 aromatic heterocycles. The second kappa shape index (κ2) is 9.34. The molecule has 0 aliphatic carbocycles. The summed E-state index contributed by atoms with van der Waals surface area (Å²) in [5.74, 6) is -3.01. The molecule has 0 radical (unpaired) electrons. The van der Waals surface area contributed by atoms with Crippen molar-refractivity contribution in [2.24, 2.45) is 5.92 Å². The Morgan fingerprint density at radius 2 is 1.41 bits per heavy atom. The maximum atomic E-state index is 10.8. The van der Waals surface area contributed by atoms with Gasteiger partial charge in [-0.25, -0.2) is 0 Å². The van der Waals surface area contributed by atoms with Gasteiger partial charge in [0.05, 0.1) is 12.3 Å².